The summed E-state index contributed by atoms with van der Waals surface area (Å²) in [5.74, 6) is 0.316. The lowest BCUT2D eigenvalue weighted by molar-refractivity contribution is 0.0917. The summed E-state index contributed by atoms with van der Waals surface area (Å²) in [6.07, 6.45) is 3.70. The molecule has 0 unspecified atom stereocenters. The summed E-state index contributed by atoms with van der Waals surface area (Å²) in [6.45, 7) is 0. The Bertz CT molecular complexity index is 667. The van der Waals surface area contributed by atoms with E-state index in [0.29, 0.717) is 10.8 Å². The highest BCUT2D eigenvalue weighted by molar-refractivity contribution is 6.30. The van der Waals surface area contributed by atoms with Gasteiger partial charge >= 0.3 is 0 Å². The fourth-order valence-corrected chi connectivity index (χ4v) is 2.87. The van der Waals surface area contributed by atoms with Gasteiger partial charge in [-0.05, 0) is 37.8 Å². The molecule has 7 heteroatoms. The highest BCUT2D eigenvalue weighted by Gasteiger charge is 2.22. The molecule has 1 aromatic heterocycles. The monoisotopic (exact) mass is 355 g/mol. The first-order valence-corrected chi connectivity index (χ1v) is 7.79. The van der Waals surface area contributed by atoms with Gasteiger partial charge in [0.1, 0.15) is 0 Å². The molecule has 1 amide bonds. The molecule has 3 N–H and O–H groups in total. The Hall–Kier alpha value is -1.56. The smallest absolute Gasteiger partial charge is 0.273 e. The molecule has 1 aliphatic rings. The summed E-state index contributed by atoms with van der Waals surface area (Å²) >= 11 is 5.95. The van der Waals surface area contributed by atoms with Crippen LogP contribution in [0, 0.1) is 0 Å². The number of nitrogens with zero attached hydrogens (tertiary/aromatic N) is 1. The molecule has 0 saturated heterocycles. The first-order chi connectivity index (χ1) is 10.6. The highest BCUT2D eigenvalue weighted by Crippen LogP contribution is 2.24. The van der Waals surface area contributed by atoms with Gasteiger partial charge in [-0.2, -0.15) is 0 Å². The summed E-state index contributed by atoms with van der Waals surface area (Å²) in [7, 11) is 0. The van der Waals surface area contributed by atoms with Crippen LogP contribution < -0.4 is 11.1 Å². The van der Waals surface area contributed by atoms with E-state index in [4.69, 9.17) is 21.9 Å². The van der Waals surface area contributed by atoms with Crippen molar-refractivity contribution >= 4 is 29.9 Å². The van der Waals surface area contributed by atoms with Gasteiger partial charge in [0.25, 0.3) is 5.91 Å². The van der Waals surface area contributed by atoms with E-state index in [2.05, 4.69) is 10.5 Å². The lowest BCUT2D eigenvalue weighted by atomic mass is 9.92. The molecule has 0 spiro atoms. The van der Waals surface area contributed by atoms with Crippen LogP contribution >= 0.6 is 24.0 Å². The van der Waals surface area contributed by atoms with Gasteiger partial charge in [-0.1, -0.05) is 28.9 Å². The number of aromatic nitrogens is 1. The first-order valence-electron chi connectivity index (χ1n) is 7.41. The van der Waals surface area contributed by atoms with Gasteiger partial charge in [0, 0.05) is 28.7 Å². The average Bonchev–Trinajstić information content (AvgIpc) is 3.00. The summed E-state index contributed by atoms with van der Waals surface area (Å²) in [4.78, 5) is 12.2. The molecule has 1 aromatic carbocycles. The van der Waals surface area contributed by atoms with Gasteiger partial charge in [-0.3, -0.25) is 4.79 Å². The summed E-state index contributed by atoms with van der Waals surface area (Å²) < 4.78 is 5.24. The number of amides is 1. The van der Waals surface area contributed by atoms with E-state index in [9.17, 15) is 4.79 Å². The van der Waals surface area contributed by atoms with Gasteiger partial charge in [-0.15, -0.1) is 12.4 Å². The van der Waals surface area contributed by atoms with Crippen LogP contribution in [0.3, 0.4) is 0 Å². The minimum Gasteiger partial charge on any atom is -0.355 e. The number of nitrogens with two attached hydrogens (primary N) is 1. The van der Waals surface area contributed by atoms with Gasteiger partial charge < -0.3 is 15.6 Å². The normalized spacial score (nSPS) is 20.6. The van der Waals surface area contributed by atoms with Crippen LogP contribution in [-0.2, 0) is 0 Å². The Morgan fingerprint density at radius 1 is 1.26 bits per heavy atom. The summed E-state index contributed by atoms with van der Waals surface area (Å²) in [6, 6.07) is 9.29. The largest absolute Gasteiger partial charge is 0.355 e. The SMILES string of the molecule is Cl.NC1CCC(NC(=O)c2cc(-c3cccc(Cl)c3)on2)CC1. The molecule has 1 aliphatic carbocycles. The average molecular weight is 356 g/mol. The number of carbonyl (C=O) groups excluding carboxylic acids is 1. The molecule has 2 aromatic rings. The third kappa shape index (κ3) is 4.47. The topological polar surface area (TPSA) is 81.1 Å². The molecule has 124 valence electrons. The first kappa shape index (κ1) is 17.8. The standard InChI is InChI=1S/C16H18ClN3O2.ClH/c17-11-3-1-2-10(8-11)15-9-14(20-22-15)16(21)19-13-6-4-12(18)5-7-13;/h1-3,8-9,12-13H,4-7,18H2,(H,19,21);1H. The Morgan fingerprint density at radius 2 is 2.00 bits per heavy atom. The van der Waals surface area contributed by atoms with E-state index in [1.807, 2.05) is 12.1 Å². The summed E-state index contributed by atoms with van der Waals surface area (Å²) in [5, 5.41) is 7.45. The second-order valence-electron chi connectivity index (χ2n) is 5.67. The zero-order valence-electron chi connectivity index (χ0n) is 12.5. The molecule has 1 fully saturated rings. The Kier molecular flexibility index (Phi) is 6.04. The van der Waals surface area contributed by atoms with Crippen molar-refractivity contribution in [2.45, 2.75) is 37.8 Å². The van der Waals surface area contributed by atoms with E-state index in [-0.39, 0.29) is 36.1 Å². The Labute approximate surface area is 146 Å². The number of nitrogens with one attached hydrogen (secondary N) is 1. The zero-order chi connectivity index (χ0) is 15.5. The molecule has 23 heavy (non-hydrogen) atoms. The lowest BCUT2D eigenvalue weighted by Gasteiger charge is -2.26. The third-order valence-electron chi connectivity index (χ3n) is 3.96. The molecule has 1 saturated carbocycles. The van der Waals surface area contributed by atoms with Crippen molar-refractivity contribution in [1.82, 2.24) is 10.5 Å². The molecule has 1 heterocycles. The molecule has 5 nitrogen and oxygen atoms in total. The number of rotatable bonds is 3. The molecule has 0 bridgehead atoms. The molecular weight excluding hydrogens is 337 g/mol. The number of hydrogen-bond donors (Lipinski definition) is 2. The summed E-state index contributed by atoms with van der Waals surface area (Å²) in [5.41, 5.74) is 6.94. The zero-order valence-corrected chi connectivity index (χ0v) is 14.1. The maximum absolute atomic E-state index is 12.2. The van der Waals surface area contributed by atoms with Crippen LogP contribution in [0.5, 0.6) is 0 Å². The van der Waals surface area contributed by atoms with Crippen molar-refractivity contribution in [3.05, 3.63) is 41.0 Å². The number of halogens is 2. The van der Waals surface area contributed by atoms with Gasteiger partial charge in [0.05, 0.1) is 0 Å². The number of benzene rings is 1. The van der Waals surface area contributed by atoms with Gasteiger partial charge in [0.2, 0.25) is 0 Å². The fraction of sp³-hybridized carbons (Fsp3) is 0.375. The fourth-order valence-electron chi connectivity index (χ4n) is 2.68. The van der Waals surface area contributed by atoms with Crippen molar-refractivity contribution < 1.29 is 9.32 Å². The Morgan fingerprint density at radius 3 is 2.70 bits per heavy atom. The van der Waals surface area contributed by atoms with Crippen LogP contribution in [0.25, 0.3) is 11.3 Å². The molecule has 0 radical (unpaired) electrons. The predicted octanol–water partition coefficient (Wildman–Crippen LogP) is 3.42. The van der Waals surface area contributed by atoms with Crippen molar-refractivity contribution in [3.63, 3.8) is 0 Å². The van der Waals surface area contributed by atoms with E-state index in [1.165, 1.54) is 0 Å². The van der Waals surface area contributed by atoms with Crippen LogP contribution in [0.1, 0.15) is 36.2 Å². The van der Waals surface area contributed by atoms with Crippen molar-refractivity contribution in [3.8, 4) is 11.3 Å². The highest BCUT2D eigenvalue weighted by atomic mass is 35.5. The van der Waals surface area contributed by atoms with Crippen LogP contribution in [0.15, 0.2) is 34.9 Å². The van der Waals surface area contributed by atoms with Crippen LogP contribution in [0.4, 0.5) is 0 Å². The van der Waals surface area contributed by atoms with Gasteiger partial charge in [-0.25, -0.2) is 0 Å². The van der Waals surface area contributed by atoms with Crippen molar-refractivity contribution in [1.29, 1.82) is 0 Å². The third-order valence-corrected chi connectivity index (χ3v) is 4.19. The van der Waals surface area contributed by atoms with Crippen molar-refractivity contribution in [2.75, 3.05) is 0 Å². The van der Waals surface area contributed by atoms with E-state index in [1.54, 1.807) is 18.2 Å². The second-order valence-corrected chi connectivity index (χ2v) is 6.11. The van der Waals surface area contributed by atoms with Crippen molar-refractivity contribution in [2.24, 2.45) is 5.73 Å². The minimum atomic E-state index is -0.211. The number of carbonyl (C=O) groups is 1. The van der Waals surface area contributed by atoms with E-state index < -0.39 is 0 Å². The number of hydrogen-bond acceptors (Lipinski definition) is 4. The van der Waals surface area contributed by atoms with Crippen LogP contribution in [0.2, 0.25) is 5.02 Å². The minimum absolute atomic E-state index is 0. The maximum atomic E-state index is 12.2. The second kappa shape index (κ2) is 7.81. The van der Waals surface area contributed by atoms with Crippen LogP contribution in [-0.4, -0.2) is 23.1 Å². The maximum Gasteiger partial charge on any atom is 0.273 e. The molecule has 0 aliphatic heterocycles. The van der Waals surface area contributed by atoms with E-state index >= 15 is 0 Å². The van der Waals surface area contributed by atoms with Gasteiger partial charge in [0.15, 0.2) is 11.5 Å². The Balaban J connectivity index is 0.00000192. The van der Waals surface area contributed by atoms with E-state index in [0.717, 1.165) is 31.2 Å². The molecular formula is C16H19Cl2N3O2. The lowest BCUT2D eigenvalue weighted by Crippen LogP contribution is -2.40. The molecule has 0 atom stereocenters. The predicted molar refractivity (Wildman–Crippen MR) is 91.9 cm³/mol. The molecule has 3 rings (SSSR count). The quantitative estimate of drug-likeness (QED) is 0.883.